The first kappa shape index (κ1) is 18.6. The highest BCUT2D eigenvalue weighted by atomic mass is 19.1. The number of piperidine rings is 1. The van der Waals surface area contributed by atoms with Crippen LogP contribution in [0, 0.1) is 5.82 Å². The molecule has 0 aliphatic carbocycles. The van der Waals surface area contributed by atoms with Crippen molar-refractivity contribution >= 4 is 5.95 Å². The van der Waals surface area contributed by atoms with Crippen molar-refractivity contribution in [1.29, 1.82) is 0 Å². The van der Waals surface area contributed by atoms with Gasteiger partial charge in [0.05, 0.1) is 6.20 Å². The van der Waals surface area contributed by atoms with Crippen molar-refractivity contribution in [2.75, 3.05) is 32.1 Å². The Labute approximate surface area is 164 Å². The SMILES string of the molecule is CN(C)c1ncc(CN2CCC[C@H](c3[nH]ncc3-c3ccc(F)cc3)C2)cn1. The lowest BCUT2D eigenvalue weighted by Crippen LogP contribution is -2.34. The molecule has 1 fully saturated rings. The fourth-order valence-electron chi connectivity index (χ4n) is 3.82. The van der Waals surface area contributed by atoms with E-state index in [2.05, 4.69) is 25.1 Å². The molecular formula is C21H25FN6. The summed E-state index contributed by atoms with van der Waals surface area (Å²) < 4.78 is 13.3. The summed E-state index contributed by atoms with van der Waals surface area (Å²) in [5, 5.41) is 7.46. The molecule has 1 saturated heterocycles. The van der Waals surface area contributed by atoms with Gasteiger partial charge >= 0.3 is 0 Å². The van der Waals surface area contributed by atoms with Crippen LogP contribution in [0.4, 0.5) is 10.3 Å². The third-order valence-electron chi connectivity index (χ3n) is 5.24. The zero-order valence-electron chi connectivity index (χ0n) is 16.3. The molecule has 0 radical (unpaired) electrons. The summed E-state index contributed by atoms with van der Waals surface area (Å²) in [6, 6.07) is 6.62. The molecule has 0 spiro atoms. The molecule has 146 valence electrons. The monoisotopic (exact) mass is 380 g/mol. The molecule has 0 saturated carbocycles. The number of hydrogen-bond acceptors (Lipinski definition) is 5. The van der Waals surface area contributed by atoms with E-state index in [0.717, 1.165) is 60.8 Å². The van der Waals surface area contributed by atoms with Crippen LogP contribution in [0.15, 0.2) is 42.9 Å². The molecule has 3 heterocycles. The van der Waals surface area contributed by atoms with E-state index in [4.69, 9.17) is 0 Å². The smallest absolute Gasteiger partial charge is 0.224 e. The van der Waals surface area contributed by atoms with Crippen molar-refractivity contribution < 1.29 is 4.39 Å². The van der Waals surface area contributed by atoms with Crippen molar-refractivity contribution in [1.82, 2.24) is 25.1 Å². The molecule has 1 aliphatic rings. The van der Waals surface area contributed by atoms with Crippen molar-refractivity contribution in [2.24, 2.45) is 0 Å². The summed E-state index contributed by atoms with van der Waals surface area (Å²) >= 11 is 0. The summed E-state index contributed by atoms with van der Waals surface area (Å²) in [6.07, 6.45) is 7.90. The minimum atomic E-state index is -0.222. The highest BCUT2D eigenvalue weighted by molar-refractivity contribution is 5.65. The highest BCUT2D eigenvalue weighted by Crippen LogP contribution is 2.33. The fourth-order valence-corrected chi connectivity index (χ4v) is 3.82. The van der Waals surface area contributed by atoms with Crippen molar-refractivity contribution in [2.45, 2.75) is 25.3 Å². The molecule has 2 aromatic heterocycles. The zero-order valence-corrected chi connectivity index (χ0v) is 16.3. The molecule has 4 rings (SSSR count). The molecule has 1 N–H and O–H groups in total. The van der Waals surface area contributed by atoms with E-state index < -0.39 is 0 Å². The molecule has 0 bridgehead atoms. The highest BCUT2D eigenvalue weighted by Gasteiger charge is 2.25. The van der Waals surface area contributed by atoms with Crippen LogP contribution in [-0.2, 0) is 6.54 Å². The van der Waals surface area contributed by atoms with E-state index in [1.807, 2.05) is 49.7 Å². The van der Waals surface area contributed by atoms with Crippen LogP contribution in [0.2, 0.25) is 0 Å². The molecule has 7 heteroatoms. The van der Waals surface area contributed by atoms with Crippen LogP contribution in [0.3, 0.4) is 0 Å². The first-order valence-electron chi connectivity index (χ1n) is 9.60. The first-order valence-corrected chi connectivity index (χ1v) is 9.60. The minimum absolute atomic E-state index is 0.222. The molecule has 3 aromatic rings. The van der Waals surface area contributed by atoms with Crippen molar-refractivity contribution in [3.8, 4) is 11.1 Å². The van der Waals surface area contributed by atoms with E-state index in [-0.39, 0.29) is 5.82 Å². The van der Waals surface area contributed by atoms with Gasteiger partial charge in [0.1, 0.15) is 5.82 Å². The number of hydrogen-bond donors (Lipinski definition) is 1. The lowest BCUT2D eigenvalue weighted by molar-refractivity contribution is 0.198. The third kappa shape index (κ3) is 4.04. The van der Waals surface area contributed by atoms with Gasteiger partial charge in [0.15, 0.2) is 0 Å². The molecule has 1 aromatic carbocycles. The topological polar surface area (TPSA) is 60.9 Å². The Kier molecular flexibility index (Phi) is 5.34. The average molecular weight is 380 g/mol. The van der Waals surface area contributed by atoms with Gasteiger partial charge in [-0.2, -0.15) is 5.10 Å². The maximum atomic E-state index is 13.3. The van der Waals surface area contributed by atoms with Gasteiger partial charge in [-0.05, 0) is 37.1 Å². The maximum Gasteiger partial charge on any atom is 0.224 e. The van der Waals surface area contributed by atoms with E-state index in [0.29, 0.717) is 5.92 Å². The second kappa shape index (κ2) is 8.06. The predicted octanol–water partition coefficient (Wildman–Crippen LogP) is 3.45. The Morgan fingerprint density at radius 1 is 1.14 bits per heavy atom. The number of anilines is 1. The summed E-state index contributed by atoms with van der Waals surface area (Å²) in [4.78, 5) is 13.2. The number of halogens is 1. The van der Waals surface area contributed by atoms with Gasteiger partial charge in [-0.1, -0.05) is 12.1 Å². The number of likely N-dealkylation sites (tertiary alicyclic amines) is 1. The predicted molar refractivity (Wildman–Crippen MR) is 108 cm³/mol. The van der Waals surface area contributed by atoms with E-state index in [1.54, 1.807) is 0 Å². The number of nitrogens with one attached hydrogen (secondary N) is 1. The van der Waals surface area contributed by atoms with Gasteiger partial charge in [-0.15, -0.1) is 0 Å². The number of rotatable bonds is 5. The van der Waals surface area contributed by atoms with Crippen LogP contribution in [0.25, 0.3) is 11.1 Å². The van der Waals surface area contributed by atoms with Crippen molar-refractivity contribution in [3.05, 3.63) is 59.9 Å². The first-order chi connectivity index (χ1) is 13.6. The maximum absolute atomic E-state index is 13.3. The van der Waals surface area contributed by atoms with Crippen LogP contribution in [0.5, 0.6) is 0 Å². The molecule has 1 atom stereocenters. The van der Waals surface area contributed by atoms with Gasteiger partial charge < -0.3 is 4.90 Å². The summed E-state index contributed by atoms with van der Waals surface area (Å²) in [5.41, 5.74) is 4.31. The fraction of sp³-hybridized carbons (Fsp3) is 0.381. The van der Waals surface area contributed by atoms with Crippen LogP contribution < -0.4 is 4.90 Å². The summed E-state index contributed by atoms with van der Waals surface area (Å²) in [5.74, 6) is 0.875. The average Bonchev–Trinajstić information content (AvgIpc) is 3.19. The molecule has 28 heavy (non-hydrogen) atoms. The van der Waals surface area contributed by atoms with Gasteiger partial charge in [0.2, 0.25) is 5.95 Å². The normalized spacial score (nSPS) is 17.6. The van der Waals surface area contributed by atoms with E-state index in [1.165, 1.54) is 12.1 Å². The Morgan fingerprint density at radius 2 is 1.89 bits per heavy atom. The Morgan fingerprint density at radius 3 is 2.61 bits per heavy atom. The molecule has 6 nitrogen and oxygen atoms in total. The summed E-state index contributed by atoms with van der Waals surface area (Å²) in [7, 11) is 3.88. The Balaban J connectivity index is 1.47. The lowest BCUT2D eigenvalue weighted by atomic mass is 9.90. The Hall–Kier alpha value is -2.80. The van der Waals surface area contributed by atoms with Crippen LogP contribution in [0.1, 0.15) is 30.0 Å². The Bertz CT molecular complexity index is 903. The number of aromatic amines is 1. The summed E-state index contributed by atoms with van der Waals surface area (Å²) in [6.45, 7) is 2.85. The van der Waals surface area contributed by atoms with Crippen LogP contribution >= 0.6 is 0 Å². The molecule has 1 aliphatic heterocycles. The van der Waals surface area contributed by atoms with Crippen LogP contribution in [-0.4, -0.2) is 52.3 Å². The standard InChI is InChI=1S/C21H25FN6/c1-27(2)21-23-10-15(11-24-21)13-28-9-3-4-17(14-28)20-19(12-25-26-20)16-5-7-18(22)8-6-16/h5-8,10-12,17H,3-4,9,13-14H2,1-2H3,(H,25,26)/t17-/m0/s1. The van der Waals surface area contributed by atoms with Crippen molar-refractivity contribution in [3.63, 3.8) is 0 Å². The lowest BCUT2D eigenvalue weighted by Gasteiger charge is -2.32. The zero-order chi connectivity index (χ0) is 19.5. The molecule has 0 amide bonds. The van der Waals surface area contributed by atoms with Gasteiger partial charge in [-0.3, -0.25) is 10.00 Å². The third-order valence-corrected chi connectivity index (χ3v) is 5.24. The van der Waals surface area contributed by atoms with Gasteiger partial charge in [0.25, 0.3) is 0 Å². The minimum Gasteiger partial charge on any atom is -0.347 e. The number of benzene rings is 1. The van der Waals surface area contributed by atoms with E-state index in [9.17, 15) is 4.39 Å². The number of nitrogens with zero attached hydrogens (tertiary/aromatic N) is 5. The van der Waals surface area contributed by atoms with E-state index >= 15 is 0 Å². The largest absolute Gasteiger partial charge is 0.347 e. The molecular weight excluding hydrogens is 355 g/mol. The van der Waals surface area contributed by atoms with Gasteiger partial charge in [-0.25, -0.2) is 14.4 Å². The molecule has 0 unspecified atom stereocenters. The number of aromatic nitrogens is 4. The second-order valence-corrected chi connectivity index (χ2v) is 7.56. The number of H-pyrrole nitrogens is 1. The quantitative estimate of drug-likeness (QED) is 0.735. The second-order valence-electron chi connectivity index (χ2n) is 7.56. The van der Waals surface area contributed by atoms with Gasteiger partial charge in [0, 0.05) is 62.3 Å².